The molecule has 1 amide bonds. The highest BCUT2D eigenvalue weighted by Crippen LogP contribution is 2.17. The molecule has 0 aliphatic carbocycles. The SMILES string of the molecule is N#CCCNC(=O)CNc1ccc(OC(F)F)cc1. The Hall–Kier alpha value is -2.36. The van der Waals surface area contributed by atoms with Gasteiger partial charge in [0.05, 0.1) is 19.0 Å². The molecule has 19 heavy (non-hydrogen) atoms. The zero-order valence-corrected chi connectivity index (χ0v) is 10.0. The van der Waals surface area contributed by atoms with Crippen molar-refractivity contribution in [3.8, 4) is 11.8 Å². The molecule has 0 bridgehead atoms. The lowest BCUT2D eigenvalue weighted by molar-refractivity contribution is -0.119. The lowest BCUT2D eigenvalue weighted by atomic mass is 10.3. The number of carbonyl (C=O) groups excluding carboxylic acids is 1. The number of nitrogens with zero attached hydrogens (tertiary/aromatic N) is 1. The molecule has 0 aliphatic rings. The van der Waals surface area contributed by atoms with Crippen LogP contribution in [0.25, 0.3) is 0 Å². The molecular formula is C12H13F2N3O2. The maximum absolute atomic E-state index is 11.9. The number of ether oxygens (including phenoxy) is 1. The van der Waals surface area contributed by atoms with Gasteiger partial charge in [-0.2, -0.15) is 14.0 Å². The van der Waals surface area contributed by atoms with Gasteiger partial charge in [-0.25, -0.2) is 0 Å². The second-order valence-electron chi connectivity index (χ2n) is 3.51. The van der Waals surface area contributed by atoms with Gasteiger partial charge in [-0.05, 0) is 24.3 Å². The molecule has 0 spiro atoms. The van der Waals surface area contributed by atoms with E-state index in [2.05, 4.69) is 15.4 Å². The summed E-state index contributed by atoms with van der Waals surface area (Å²) in [5, 5.41) is 13.7. The monoisotopic (exact) mass is 269 g/mol. The molecule has 0 aliphatic heterocycles. The molecule has 0 heterocycles. The van der Waals surface area contributed by atoms with E-state index in [1.54, 1.807) is 0 Å². The number of hydrogen-bond acceptors (Lipinski definition) is 4. The Morgan fingerprint density at radius 3 is 2.63 bits per heavy atom. The lowest BCUT2D eigenvalue weighted by Crippen LogP contribution is -2.30. The largest absolute Gasteiger partial charge is 0.435 e. The fraction of sp³-hybridized carbons (Fsp3) is 0.333. The zero-order valence-electron chi connectivity index (χ0n) is 10.0. The minimum atomic E-state index is -2.86. The van der Waals surface area contributed by atoms with Gasteiger partial charge in [0.1, 0.15) is 5.75 Å². The van der Waals surface area contributed by atoms with Crippen molar-refractivity contribution in [3.05, 3.63) is 24.3 Å². The maximum Gasteiger partial charge on any atom is 0.387 e. The third-order valence-corrected chi connectivity index (χ3v) is 2.09. The van der Waals surface area contributed by atoms with Crippen LogP contribution in [0.3, 0.4) is 0 Å². The average molecular weight is 269 g/mol. The molecule has 0 unspecified atom stereocenters. The third-order valence-electron chi connectivity index (χ3n) is 2.09. The van der Waals surface area contributed by atoms with Crippen LogP contribution >= 0.6 is 0 Å². The minimum Gasteiger partial charge on any atom is -0.435 e. The Kier molecular flexibility index (Phi) is 6.09. The Labute approximate surface area is 109 Å². The summed E-state index contributed by atoms with van der Waals surface area (Å²) in [6.45, 7) is -2.51. The summed E-state index contributed by atoms with van der Waals surface area (Å²) in [7, 11) is 0. The van der Waals surface area contributed by atoms with Gasteiger partial charge in [0.15, 0.2) is 0 Å². The second-order valence-corrected chi connectivity index (χ2v) is 3.51. The van der Waals surface area contributed by atoms with Gasteiger partial charge in [0.2, 0.25) is 5.91 Å². The van der Waals surface area contributed by atoms with E-state index in [1.165, 1.54) is 24.3 Å². The Morgan fingerprint density at radius 2 is 2.05 bits per heavy atom. The van der Waals surface area contributed by atoms with Crippen LogP contribution in [0, 0.1) is 11.3 Å². The van der Waals surface area contributed by atoms with Crippen molar-refractivity contribution in [3.63, 3.8) is 0 Å². The Morgan fingerprint density at radius 1 is 1.37 bits per heavy atom. The molecule has 5 nitrogen and oxygen atoms in total. The van der Waals surface area contributed by atoms with Crippen LogP contribution in [0.4, 0.5) is 14.5 Å². The van der Waals surface area contributed by atoms with E-state index in [0.29, 0.717) is 12.2 Å². The van der Waals surface area contributed by atoms with Crippen LogP contribution in [0.5, 0.6) is 5.75 Å². The van der Waals surface area contributed by atoms with E-state index < -0.39 is 6.61 Å². The summed E-state index contributed by atoms with van der Waals surface area (Å²) in [5.74, 6) is -0.192. The van der Waals surface area contributed by atoms with Crippen molar-refractivity contribution >= 4 is 11.6 Å². The molecular weight excluding hydrogens is 256 g/mol. The molecule has 102 valence electrons. The molecule has 7 heteroatoms. The highest BCUT2D eigenvalue weighted by atomic mass is 19.3. The molecule has 1 rings (SSSR count). The first-order chi connectivity index (χ1) is 9.11. The second kappa shape index (κ2) is 7.87. The van der Waals surface area contributed by atoms with Crippen molar-refractivity contribution in [2.75, 3.05) is 18.4 Å². The number of halogens is 2. The van der Waals surface area contributed by atoms with Crippen LogP contribution in [0.2, 0.25) is 0 Å². The highest BCUT2D eigenvalue weighted by molar-refractivity contribution is 5.80. The average Bonchev–Trinajstić information content (AvgIpc) is 2.37. The minimum absolute atomic E-state index is 0.0421. The predicted octanol–water partition coefficient (Wildman–Crippen LogP) is 1.73. The first-order valence-corrected chi connectivity index (χ1v) is 5.54. The smallest absolute Gasteiger partial charge is 0.387 e. The molecule has 0 saturated carbocycles. The number of rotatable bonds is 7. The lowest BCUT2D eigenvalue weighted by Gasteiger charge is -2.08. The Balaban J connectivity index is 2.33. The fourth-order valence-electron chi connectivity index (χ4n) is 1.26. The van der Waals surface area contributed by atoms with E-state index in [4.69, 9.17) is 5.26 Å². The molecule has 1 aromatic rings. The number of nitriles is 1. The van der Waals surface area contributed by atoms with E-state index in [9.17, 15) is 13.6 Å². The van der Waals surface area contributed by atoms with Crippen molar-refractivity contribution in [1.82, 2.24) is 5.32 Å². The molecule has 0 saturated heterocycles. The number of hydrogen-bond donors (Lipinski definition) is 2. The summed E-state index contributed by atoms with van der Waals surface area (Å²) in [6.07, 6.45) is 0.255. The van der Waals surface area contributed by atoms with Crippen LogP contribution < -0.4 is 15.4 Å². The summed E-state index contributed by atoms with van der Waals surface area (Å²) < 4.78 is 28.0. The van der Waals surface area contributed by atoms with Crippen molar-refractivity contribution in [1.29, 1.82) is 5.26 Å². The predicted molar refractivity (Wildman–Crippen MR) is 64.8 cm³/mol. The van der Waals surface area contributed by atoms with Crippen molar-refractivity contribution < 1.29 is 18.3 Å². The molecule has 0 fully saturated rings. The number of amides is 1. The van der Waals surface area contributed by atoms with Crippen molar-refractivity contribution in [2.24, 2.45) is 0 Å². The first-order valence-electron chi connectivity index (χ1n) is 5.54. The number of anilines is 1. The molecule has 2 N–H and O–H groups in total. The van der Waals surface area contributed by atoms with Gasteiger partial charge in [-0.1, -0.05) is 0 Å². The topological polar surface area (TPSA) is 74.2 Å². The van der Waals surface area contributed by atoms with Crippen LogP contribution in [-0.2, 0) is 4.79 Å². The Bertz CT molecular complexity index is 443. The van der Waals surface area contributed by atoms with Crippen LogP contribution in [0.1, 0.15) is 6.42 Å². The number of carbonyl (C=O) groups is 1. The van der Waals surface area contributed by atoms with E-state index in [-0.39, 0.29) is 24.6 Å². The third kappa shape index (κ3) is 6.21. The quantitative estimate of drug-likeness (QED) is 0.739. The van der Waals surface area contributed by atoms with Gasteiger partial charge < -0.3 is 15.4 Å². The van der Waals surface area contributed by atoms with E-state index >= 15 is 0 Å². The standard InChI is InChI=1S/C12H13F2N3O2/c13-12(14)19-10-4-2-9(3-5-10)17-8-11(18)16-7-1-6-15/h2-5,12,17H,1,7-8H2,(H,16,18). The normalized spacial score (nSPS) is 9.79. The van der Waals surface area contributed by atoms with Gasteiger partial charge in [-0.3, -0.25) is 4.79 Å². The fourth-order valence-corrected chi connectivity index (χ4v) is 1.26. The zero-order chi connectivity index (χ0) is 14.1. The molecule has 0 radical (unpaired) electrons. The number of alkyl halides is 2. The van der Waals surface area contributed by atoms with E-state index in [1.807, 2.05) is 6.07 Å². The molecule has 0 aromatic heterocycles. The van der Waals surface area contributed by atoms with Gasteiger partial charge in [-0.15, -0.1) is 0 Å². The molecule has 0 atom stereocenters. The van der Waals surface area contributed by atoms with Gasteiger partial charge in [0.25, 0.3) is 0 Å². The maximum atomic E-state index is 11.9. The first kappa shape index (κ1) is 14.7. The highest BCUT2D eigenvalue weighted by Gasteiger charge is 2.04. The number of nitrogens with one attached hydrogen (secondary N) is 2. The summed E-state index contributed by atoms with van der Waals surface area (Å²) in [4.78, 5) is 11.3. The summed E-state index contributed by atoms with van der Waals surface area (Å²) in [6, 6.07) is 7.72. The number of benzene rings is 1. The van der Waals surface area contributed by atoms with E-state index in [0.717, 1.165) is 0 Å². The van der Waals surface area contributed by atoms with Crippen LogP contribution in [-0.4, -0.2) is 25.6 Å². The van der Waals surface area contributed by atoms with Gasteiger partial charge in [0, 0.05) is 12.2 Å². The summed E-state index contributed by atoms with van der Waals surface area (Å²) in [5.41, 5.74) is 0.608. The molecule has 1 aromatic carbocycles. The van der Waals surface area contributed by atoms with Gasteiger partial charge >= 0.3 is 6.61 Å². The summed E-state index contributed by atoms with van der Waals surface area (Å²) >= 11 is 0. The van der Waals surface area contributed by atoms with Crippen molar-refractivity contribution in [2.45, 2.75) is 13.0 Å². The van der Waals surface area contributed by atoms with Crippen LogP contribution in [0.15, 0.2) is 24.3 Å².